The van der Waals surface area contributed by atoms with Crippen LogP contribution in [-0.4, -0.2) is 6.67 Å². The highest BCUT2D eigenvalue weighted by Gasteiger charge is 2.32. The van der Waals surface area contributed by atoms with Crippen LogP contribution in [0.3, 0.4) is 0 Å². The van der Waals surface area contributed by atoms with Crippen molar-refractivity contribution in [2.75, 3.05) is 16.5 Å². The van der Waals surface area contributed by atoms with Crippen molar-refractivity contribution >= 4 is 11.4 Å². The van der Waals surface area contributed by atoms with Crippen LogP contribution in [0, 0.1) is 0 Å². The van der Waals surface area contributed by atoms with Crippen molar-refractivity contribution in [3.8, 4) is 0 Å². The van der Waals surface area contributed by atoms with E-state index in [1.165, 1.54) is 22.5 Å². The summed E-state index contributed by atoms with van der Waals surface area (Å²) in [6, 6.07) is 31.0. The maximum absolute atomic E-state index is 2.50. The van der Waals surface area contributed by atoms with Gasteiger partial charge in [-0.25, -0.2) is 0 Å². The Morgan fingerprint density at radius 3 is 1.32 bits per heavy atom. The lowest BCUT2D eigenvalue weighted by Crippen LogP contribution is -2.34. The van der Waals surface area contributed by atoms with Gasteiger partial charge in [-0.2, -0.15) is 0 Å². The van der Waals surface area contributed by atoms with Gasteiger partial charge in [-0.1, -0.05) is 72.8 Å². The Morgan fingerprint density at radius 2 is 0.920 bits per heavy atom. The molecule has 0 saturated heterocycles. The Kier molecular flexibility index (Phi) is 4.19. The van der Waals surface area contributed by atoms with E-state index < -0.39 is 0 Å². The van der Waals surface area contributed by atoms with Crippen molar-refractivity contribution in [3.63, 3.8) is 0 Å². The molecule has 1 aliphatic heterocycles. The summed E-state index contributed by atoms with van der Waals surface area (Å²) < 4.78 is 0. The van der Waals surface area contributed by atoms with Gasteiger partial charge < -0.3 is 9.80 Å². The second-order valence-electron chi connectivity index (χ2n) is 6.74. The highest BCUT2D eigenvalue weighted by molar-refractivity contribution is 5.77. The molecule has 0 saturated carbocycles. The quantitative estimate of drug-likeness (QED) is 0.598. The van der Waals surface area contributed by atoms with Crippen LogP contribution in [0.2, 0.25) is 0 Å². The Hall–Kier alpha value is -2.74. The number of para-hydroxylation sites is 2. The van der Waals surface area contributed by atoms with E-state index in [0.29, 0.717) is 12.1 Å². The molecule has 0 unspecified atom stereocenters. The average Bonchev–Trinajstić information content (AvgIpc) is 3.08. The van der Waals surface area contributed by atoms with Gasteiger partial charge in [-0.3, -0.25) is 0 Å². The number of nitrogens with zero attached hydrogens (tertiary/aromatic N) is 2. The first-order valence-electron chi connectivity index (χ1n) is 8.98. The molecule has 25 heavy (non-hydrogen) atoms. The Balaban J connectivity index is 1.68. The second kappa shape index (κ2) is 6.64. The molecule has 4 rings (SSSR count). The fourth-order valence-electron chi connectivity index (χ4n) is 3.75. The van der Waals surface area contributed by atoms with Crippen LogP contribution in [0.15, 0.2) is 84.9 Å². The SMILES string of the molecule is C[C@@H](c1ccccc1)N1CN([C@@H](C)c2ccccc2)c2ccccc21. The smallest absolute Gasteiger partial charge is 0.0916 e. The van der Waals surface area contributed by atoms with E-state index in [9.17, 15) is 0 Å². The topological polar surface area (TPSA) is 6.48 Å². The lowest BCUT2D eigenvalue weighted by atomic mass is 10.1. The summed E-state index contributed by atoms with van der Waals surface area (Å²) in [5, 5.41) is 0. The molecule has 0 amide bonds. The first kappa shape index (κ1) is 15.8. The zero-order valence-electron chi connectivity index (χ0n) is 14.8. The van der Waals surface area contributed by atoms with Gasteiger partial charge in [0.05, 0.1) is 30.1 Å². The minimum Gasteiger partial charge on any atom is -0.345 e. The third-order valence-electron chi connectivity index (χ3n) is 5.30. The molecule has 2 atom stereocenters. The fourth-order valence-corrected chi connectivity index (χ4v) is 3.75. The first-order chi connectivity index (χ1) is 12.3. The summed E-state index contributed by atoms with van der Waals surface area (Å²) in [6.07, 6.45) is 0. The van der Waals surface area contributed by atoms with E-state index in [4.69, 9.17) is 0 Å². The van der Waals surface area contributed by atoms with Crippen molar-refractivity contribution in [1.82, 2.24) is 0 Å². The minimum absolute atomic E-state index is 0.343. The van der Waals surface area contributed by atoms with Gasteiger partial charge in [0.15, 0.2) is 0 Å². The van der Waals surface area contributed by atoms with Gasteiger partial charge in [-0.15, -0.1) is 0 Å². The molecule has 3 aromatic rings. The van der Waals surface area contributed by atoms with E-state index in [2.05, 4.69) is 109 Å². The average molecular weight is 328 g/mol. The van der Waals surface area contributed by atoms with Gasteiger partial charge in [0.25, 0.3) is 0 Å². The summed E-state index contributed by atoms with van der Waals surface area (Å²) in [5.74, 6) is 0. The van der Waals surface area contributed by atoms with E-state index in [0.717, 1.165) is 6.67 Å². The van der Waals surface area contributed by atoms with Gasteiger partial charge in [0.2, 0.25) is 0 Å². The predicted octanol–water partition coefficient (Wildman–Crippen LogP) is 5.79. The fraction of sp³-hybridized carbons (Fsp3) is 0.217. The number of anilines is 2. The molecule has 0 aliphatic carbocycles. The van der Waals surface area contributed by atoms with Gasteiger partial charge in [-0.05, 0) is 37.1 Å². The molecule has 0 aromatic heterocycles. The molecule has 0 spiro atoms. The number of benzene rings is 3. The Bertz CT molecular complexity index is 758. The van der Waals surface area contributed by atoms with Crippen molar-refractivity contribution in [1.29, 1.82) is 0 Å². The van der Waals surface area contributed by atoms with Gasteiger partial charge >= 0.3 is 0 Å². The third kappa shape index (κ3) is 2.89. The molecule has 2 heteroatoms. The summed E-state index contributed by atoms with van der Waals surface area (Å²) in [4.78, 5) is 5.01. The minimum atomic E-state index is 0.343. The van der Waals surface area contributed by atoms with Crippen LogP contribution in [-0.2, 0) is 0 Å². The van der Waals surface area contributed by atoms with Crippen molar-refractivity contribution in [2.24, 2.45) is 0 Å². The zero-order valence-corrected chi connectivity index (χ0v) is 14.8. The highest BCUT2D eigenvalue weighted by Crippen LogP contribution is 2.43. The molecule has 1 aliphatic rings. The standard InChI is InChI=1S/C23H24N2/c1-18(20-11-5-3-6-12-20)24-17-25(23-16-10-9-15-22(23)24)19(2)21-13-7-4-8-14-21/h3-16,18-19H,17H2,1-2H3/t18-,19-/m0/s1. The van der Waals surface area contributed by atoms with E-state index >= 15 is 0 Å². The number of rotatable bonds is 4. The summed E-state index contributed by atoms with van der Waals surface area (Å²) in [6.45, 7) is 5.50. The molecule has 3 aromatic carbocycles. The molecule has 2 nitrogen and oxygen atoms in total. The molecule has 0 radical (unpaired) electrons. The zero-order chi connectivity index (χ0) is 17.2. The Morgan fingerprint density at radius 1 is 0.560 bits per heavy atom. The normalized spacial score (nSPS) is 15.8. The molecule has 0 N–H and O–H groups in total. The molecule has 126 valence electrons. The van der Waals surface area contributed by atoms with E-state index in [-0.39, 0.29) is 0 Å². The van der Waals surface area contributed by atoms with Crippen LogP contribution < -0.4 is 9.80 Å². The molecular formula is C23H24N2. The third-order valence-corrected chi connectivity index (χ3v) is 5.30. The monoisotopic (exact) mass is 328 g/mol. The van der Waals surface area contributed by atoms with Gasteiger partial charge in [0.1, 0.15) is 0 Å². The number of hydrogen-bond donors (Lipinski definition) is 0. The molecule has 0 fully saturated rings. The van der Waals surface area contributed by atoms with Crippen LogP contribution in [0.5, 0.6) is 0 Å². The van der Waals surface area contributed by atoms with Crippen molar-refractivity contribution in [3.05, 3.63) is 96.1 Å². The van der Waals surface area contributed by atoms with Crippen LogP contribution in [0.25, 0.3) is 0 Å². The Labute approximate surface area is 150 Å². The van der Waals surface area contributed by atoms with Crippen molar-refractivity contribution in [2.45, 2.75) is 25.9 Å². The molecule has 0 bridgehead atoms. The van der Waals surface area contributed by atoms with Crippen molar-refractivity contribution < 1.29 is 0 Å². The second-order valence-corrected chi connectivity index (χ2v) is 6.74. The van der Waals surface area contributed by atoms with Gasteiger partial charge in [0, 0.05) is 0 Å². The summed E-state index contributed by atoms with van der Waals surface area (Å²) >= 11 is 0. The summed E-state index contributed by atoms with van der Waals surface area (Å²) in [5.41, 5.74) is 5.35. The predicted molar refractivity (Wildman–Crippen MR) is 106 cm³/mol. The van der Waals surface area contributed by atoms with Crippen LogP contribution in [0.1, 0.15) is 37.1 Å². The maximum Gasteiger partial charge on any atom is 0.0916 e. The highest BCUT2D eigenvalue weighted by atomic mass is 15.4. The summed E-state index contributed by atoms with van der Waals surface area (Å²) in [7, 11) is 0. The lowest BCUT2D eigenvalue weighted by Gasteiger charge is -2.31. The number of hydrogen-bond acceptors (Lipinski definition) is 2. The first-order valence-corrected chi connectivity index (χ1v) is 8.98. The molecule has 1 heterocycles. The van der Waals surface area contributed by atoms with E-state index in [1.807, 2.05) is 0 Å². The lowest BCUT2D eigenvalue weighted by molar-refractivity contribution is 0.626. The maximum atomic E-state index is 2.50. The van der Waals surface area contributed by atoms with Crippen LogP contribution in [0.4, 0.5) is 11.4 Å². The molecular weight excluding hydrogens is 304 g/mol. The van der Waals surface area contributed by atoms with Crippen LogP contribution >= 0.6 is 0 Å². The van der Waals surface area contributed by atoms with E-state index in [1.54, 1.807) is 0 Å². The number of fused-ring (bicyclic) bond motifs is 1. The largest absolute Gasteiger partial charge is 0.345 e.